The molecule has 0 bridgehead atoms. The Bertz CT molecular complexity index is 1370. The third kappa shape index (κ3) is 9.16. The lowest BCUT2D eigenvalue weighted by molar-refractivity contribution is -0.193. The number of carbonyl (C=O) groups is 3. The van der Waals surface area contributed by atoms with E-state index in [0.29, 0.717) is 18.2 Å². The zero-order valence-corrected chi connectivity index (χ0v) is 23.4. The molecular weight excluding hydrogens is 602 g/mol. The number of likely N-dealkylation sites (tertiary alicyclic amines) is 2. The summed E-state index contributed by atoms with van der Waals surface area (Å²) in [5, 5.41) is 15.3. The van der Waals surface area contributed by atoms with E-state index in [1.807, 2.05) is 53.4 Å². The van der Waals surface area contributed by atoms with Crippen LogP contribution in [0, 0.1) is 5.92 Å². The Balaban J connectivity index is 0.000000317. The maximum Gasteiger partial charge on any atom is 0.490 e. The van der Waals surface area contributed by atoms with Gasteiger partial charge in [-0.2, -0.15) is 26.3 Å². The third-order valence-corrected chi connectivity index (χ3v) is 7.18. The Morgan fingerprint density at radius 3 is 2.14 bits per heavy atom. The van der Waals surface area contributed by atoms with Gasteiger partial charge in [0.2, 0.25) is 0 Å². The van der Waals surface area contributed by atoms with E-state index in [0.717, 1.165) is 55.7 Å². The van der Waals surface area contributed by atoms with Crippen molar-refractivity contribution >= 4 is 28.7 Å². The number of nitrogens with zero attached hydrogens (tertiary/aromatic N) is 3. The van der Waals surface area contributed by atoms with Crippen LogP contribution in [0.4, 0.5) is 26.3 Å². The normalized spacial score (nSPS) is 18.0. The number of pyridine rings is 1. The Morgan fingerprint density at radius 1 is 1.00 bits per heavy atom. The minimum absolute atomic E-state index is 0.0823. The molecule has 0 radical (unpaired) electrons. The zero-order valence-electron chi connectivity index (χ0n) is 23.4. The molecule has 44 heavy (non-hydrogen) atoms. The number of piperidine rings is 1. The molecule has 1 unspecified atom stereocenters. The van der Waals surface area contributed by atoms with Gasteiger partial charge in [-0.25, -0.2) is 9.59 Å². The van der Waals surface area contributed by atoms with Gasteiger partial charge >= 0.3 is 24.3 Å². The number of aliphatic carboxylic acids is 2. The molecule has 2 aliphatic heterocycles. The van der Waals surface area contributed by atoms with E-state index in [1.54, 1.807) is 6.20 Å². The summed E-state index contributed by atoms with van der Waals surface area (Å²) in [6.45, 7) is 3.93. The average Bonchev–Trinajstić information content (AvgIpc) is 3.37. The maximum atomic E-state index is 13.0. The number of rotatable bonds is 5. The summed E-state index contributed by atoms with van der Waals surface area (Å²) in [6.07, 6.45) is -6.16. The van der Waals surface area contributed by atoms with Gasteiger partial charge in [-0.05, 0) is 56.6 Å². The smallest absolute Gasteiger partial charge is 0.475 e. The van der Waals surface area contributed by atoms with Crippen molar-refractivity contribution in [3.63, 3.8) is 0 Å². The number of para-hydroxylation sites is 1. The molecule has 10 nitrogen and oxygen atoms in total. The van der Waals surface area contributed by atoms with Gasteiger partial charge in [-0.15, -0.1) is 0 Å². The molecule has 3 N–H and O–H groups in total. The molecule has 1 atom stereocenters. The van der Waals surface area contributed by atoms with Crippen LogP contribution in [0.3, 0.4) is 0 Å². The maximum absolute atomic E-state index is 13.0. The summed E-state index contributed by atoms with van der Waals surface area (Å²) in [6, 6.07) is 15.9. The summed E-state index contributed by atoms with van der Waals surface area (Å²) in [5.41, 5.74) is 2.74. The lowest BCUT2D eigenvalue weighted by Gasteiger charge is -2.58. The molecule has 2 aromatic heterocycles. The van der Waals surface area contributed by atoms with Gasteiger partial charge in [-0.3, -0.25) is 14.7 Å². The second-order valence-electron chi connectivity index (χ2n) is 10.4. The molecule has 1 aromatic carbocycles. The van der Waals surface area contributed by atoms with Crippen LogP contribution in [0.15, 0.2) is 54.7 Å². The SMILES string of the molecule is CN1CCC(COCc2ccccn2)CC12CN(C(=O)c1cc3ccccc3[nH]1)C2.O=C(O)C(F)(F)F.O=C(O)C(F)(F)F. The fourth-order valence-corrected chi connectivity index (χ4v) is 4.90. The first-order chi connectivity index (χ1) is 20.5. The van der Waals surface area contributed by atoms with Crippen molar-refractivity contribution in [2.24, 2.45) is 5.92 Å². The average molecular weight is 633 g/mol. The van der Waals surface area contributed by atoms with E-state index in [9.17, 15) is 31.1 Å². The van der Waals surface area contributed by atoms with Crippen molar-refractivity contribution in [1.82, 2.24) is 19.8 Å². The van der Waals surface area contributed by atoms with Crippen molar-refractivity contribution < 1.29 is 55.7 Å². The molecule has 4 heterocycles. The zero-order chi connectivity index (χ0) is 32.7. The number of amides is 1. The number of fused-ring (bicyclic) bond motifs is 1. The first-order valence-corrected chi connectivity index (χ1v) is 13.2. The van der Waals surface area contributed by atoms with Crippen LogP contribution in [0.25, 0.3) is 10.9 Å². The molecule has 0 saturated carbocycles. The number of aromatic nitrogens is 2. The van der Waals surface area contributed by atoms with Crippen molar-refractivity contribution in [3.05, 3.63) is 66.1 Å². The van der Waals surface area contributed by atoms with Gasteiger partial charge in [0, 0.05) is 30.2 Å². The van der Waals surface area contributed by atoms with E-state index in [1.165, 1.54) is 0 Å². The number of likely N-dealkylation sites (N-methyl/N-ethyl adjacent to an activating group) is 1. The van der Waals surface area contributed by atoms with Crippen molar-refractivity contribution in [2.45, 2.75) is 37.3 Å². The summed E-state index contributed by atoms with van der Waals surface area (Å²) in [5.74, 6) is -4.89. The molecule has 3 aromatic rings. The summed E-state index contributed by atoms with van der Waals surface area (Å²) in [7, 11) is 2.19. The number of alkyl halides is 6. The van der Waals surface area contributed by atoms with Crippen LogP contribution in [0.5, 0.6) is 0 Å². The topological polar surface area (TPSA) is 136 Å². The quantitative estimate of drug-likeness (QED) is 0.348. The summed E-state index contributed by atoms with van der Waals surface area (Å²) >= 11 is 0. The lowest BCUT2D eigenvalue weighted by atomic mass is 9.75. The number of carboxylic acid groups (broad SMARTS) is 2. The number of nitrogens with one attached hydrogen (secondary N) is 1. The van der Waals surface area contributed by atoms with Gasteiger partial charge in [-0.1, -0.05) is 24.3 Å². The summed E-state index contributed by atoms with van der Waals surface area (Å²) < 4.78 is 69.4. The molecule has 0 aliphatic carbocycles. The van der Waals surface area contributed by atoms with Gasteiger partial charge < -0.3 is 24.8 Å². The predicted octanol–water partition coefficient (Wildman–Crippen LogP) is 4.58. The minimum Gasteiger partial charge on any atom is -0.475 e. The van der Waals surface area contributed by atoms with Gasteiger partial charge in [0.1, 0.15) is 5.69 Å². The standard InChI is InChI=1S/C24H28N4O2.2C2HF3O2/c1-27-11-9-18(14-30-15-20-7-4-5-10-25-20)13-24(27)16-28(17-24)23(29)22-12-19-6-2-3-8-21(19)26-22;2*3-2(4,5)1(6)7/h2-8,10,12,18,26H,9,11,13-17H2,1H3;2*(H,6,7). The van der Waals surface area contributed by atoms with Gasteiger partial charge in [0.05, 0.1) is 24.4 Å². The number of carboxylic acids is 2. The van der Waals surface area contributed by atoms with E-state index in [-0.39, 0.29) is 11.4 Å². The highest BCUT2D eigenvalue weighted by Crippen LogP contribution is 2.39. The van der Waals surface area contributed by atoms with Crippen LogP contribution in [-0.2, 0) is 20.9 Å². The molecule has 2 fully saturated rings. The highest BCUT2D eigenvalue weighted by Gasteiger charge is 2.51. The number of ether oxygens (including phenoxy) is 1. The minimum atomic E-state index is -5.08. The molecule has 1 spiro atoms. The van der Waals surface area contributed by atoms with Crippen LogP contribution < -0.4 is 0 Å². The first-order valence-electron chi connectivity index (χ1n) is 13.2. The fraction of sp³-hybridized carbons (Fsp3) is 0.429. The van der Waals surface area contributed by atoms with Crippen LogP contribution >= 0.6 is 0 Å². The third-order valence-electron chi connectivity index (χ3n) is 7.18. The van der Waals surface area contributed by atoms with Crippen molar-refractivity contribution in [1.29, 1.82) is 0 Å². The molecular formula is C28H30F6N4O6. The Kier molecular flexibility index (Phi) is 11.0. The van der Waals surface area contributed by atoms with Crippen molar-refractivity contribution in [3.8, 4) is 0 Å². The molecule has 2 aliphatic rings. The van der Waals surface area contributed by atoms with E-state index < -0.39 is 24.3 Å². The number of aromatic amines is 1. The number of hydrogen-bond donors (Lipinski definition) is 3. The Morgan fingerprint density at radius 2 is 1.59 bits per heavy atom. The summed E-state index contributed by atoms with van der Waals surface area (Å²) in [4.78, 5) is 42.8. The second-order valence-corrected chi connectivity index (χ2v) is 10.4. The highest BCUT2D eigenvalue weighted by molar-refractivity contribution is 5.98. The first kappa shape index (κ1) is 34.3. The molecule has 2 saturated heterocycles. The van der Waals surface area contributed by atoms with E-state index in [2.05, 4.69) is 21.9 Å². The number of H-pyrrole nitrogens is 1. The molecule has 240 valence electrons. The van der Waals surface area contributed by atoms with Crippen LogP contribution in [0.1, 0.15) is 29.0 Å². The Labute approximate surface area is 247 Å². The van der Waals surface area contributed by atoms with Crippen molar-refractivity contribution in [2.75, 3.05) is 33.3 Å². The van der Waals surface area contributed by atoms with Crippen LogP contribution in [-0.4, -0.2) is 99.0 Å². The van der Waals surface area contributed by atoms with Gasteiger partial charge in [0.15, 0.2) is 0 Å². The number of carbonyl (C=O) groups excluding carboxylic acids is 1. The largest absolute Gasteiger partial charge is 0.490 e. The van der Waals surface area contributed by atoms with Gasteiger partial charge in [0.25, 0.3) is 5.91 Å². The monoisotopic (exact) mass is 632 g/mol. The highest BCUT2D eigenvalue weighted by atomic mass is 19.4. The van der Waals surface area contributed by atoms with Crippen LogP contribution in [0.2, 0.25) is 0 Å². The number of benzene rings is 1. The lowest BCUT2D eigenvalue weighted by Crippen LogP contribution is -2.72. The van der Waals surface area contributed by atoms with E-state index >= 15 is 0 Å². The number of halogens is 6. The molecule has 1 amide bonds. The molecule has 16 heteroatoms. The number of hydrogen-bond acceptors (Lipinski definition) is 6. The molecule has 5 rings (SSSR count). The second kappa shape index (κ2) is 14.1. The Hall–Kier alpha value is -4.18. The van der Waals surface area contributed by atoms with E-state index in [4.69, 9.17) is 24.5 Å². The fourth-order valence-electron chi connectivity index (χ4n) is 4.90. The predicted molar refractivity (Wildman–Crippen MR) is 144 cm³/mol.